The highest BCUT2D eigenvalue weighted by atomic mass is 19.4. The Bertz CT molecular complexity index is 527. The molecule has 0 radical (unpaired) electrons. The summed E-state index contributed by atoms with van der Waals surface area (Å²) >= 11 is 0. The molecule has 0 atom stereocenters. The molecule has 0 saturated heterocycles. The lowest BCUT2D eigenvalue weighted by atomic mass is 10.1. The minimum absolute atomic E-state index is 0.0200. The summed E-state index contributed by atoms with van der Waals surface area (Å²) in [6.07, 6.45) is -4.98. The van der Waals surface area contributed by atoms with Crippen LogP contribution < -0.4 is 4.74 Å². The number of carbonyl (C=O) groups is 1. The number of carboxylic acids is 1. The van der Waals surface area contributed by atoms with Crippen molar-refractivity contribution in [2.24, 2.45) is 0 Å². The van der Waals surface area contributed by atoms with Crippen LogP contribution in [0.4, 0.5) is 18.9 Å². The van der Waals surface area contributed by atoms with E-state index in [-0.39, 0.29) is 12.0 Å². The Morgan fingerprint density at radius 2 is 2.05 bits per heavy atom. The second-order valence-electron chi connectivity index (χ2n) is 3.44. The van der Waals surface area contributed by atoms with Gasteiger partial charge in [-0.3, -0.25) is 10.1 Å². The maximum absolute atomic E-state index is 12.1. The molecule has 1 aromatic carbocycles. The molecule has 0 aromatic heterocycles. The van der Waals surface area contributed by atoms with Gasteiger partial charge < -0.3 is 9.84 Å². The maximum atomic E-state index is 12.1. The standard InChI is InChI=1S/C10H8F3NO5/c1-2-5-3-7(14(17)18)6(9(15)16)4-8(5)19-10(11,12)13/h3-4H,2H2,1H3,(H,15,16). The quantitative estimate of drug-likeness (QED) is 0.676. The number of hydrogen-bond acceptors (Lipinski definition) is 4. The van der Waals surface area contributed by atoms with Crippen molar-refractivity contribution in [2.45, 2.75) is 19.7 Å². The van der Waals surface area contributed by atoms with Crippen molar-refractivity contribution in [3.63, 3.8) is 0 Å². The number of nitro groups is 1. The summed E-state index contributed by atoms with van der Waals surface area (Å²) in [5, 5.41) is 19.4. The SMILES string of the molecule is CCc1cc([N+](=O)[O-])c(C(=O)O)cc1OC(F)(F)F. The Hall–Kier alpha value is -2.32. The Labute approximate surface area is 104 Å². The minimum Gasteiger partial charge on any atom is -0.477 e. The average molecular weight is 279 g/mol. The molecule has 0 unspecified atom stereocenters. The number of hydrogen-bond donors (Lipinski definition) is 1. The summed E-state index contributed by atoms with van der Waals surface area (Å²) in [6, 6.07) is 1.28. The first-order valence-corrected chi connectivity index (χ1v) is 4.96. The van der Waals surface area contributed by atoms with Gasteiger partial charge in [-0.05, 0) is 6.42 Å². The Morgan fingerprint density at radius 1 is 1.47 bits per heavy atom. The van der Waals surface area contributed by atoms with E-state index in [2.05, 4.69) is 4.74 Å². The number of rotatable bonds is 4. The lowest BCUT2D eigenvalue weighted by Crippen LogP contribution is -2.19. The highest BCUT2D eigenvalue weighted by Gasteiger charge is 2.33. The normalized spacial score (nSPS) is 11.2. The lowest BCUT2D eigenvalue weighted by molar-refractivity contribution is -0.385. The number of nitro benzene ring substituents is 1. The van der Waals surface area contributed by atoms with E-state index in [1.54, 1.807) is 0 Å². The number of ether oxygens (including phenoxy) is 1. The summed E-state index contributed by atoms with van der Waals surface area (Å²) in [7, 11) is 0. The van der Waals surface area contributed by atoms with Crippen LogP contribution in [0.5, 0.6) is 5.75 Å². The summed E-state index contributed by atoms with van der Waals surface area (Å²) in [5.41, 5.74) is -1.74. The van der Waals surface area contributed by atoms with E-state index in [1.807, 2.05) is 0 Å². The van der Waals surface area contributed by atoms with E-state index in [9.17, 15) is 28.1 Å². The number of aromatic carboxylic acids is 1. The van der Waals surface area contributed by atoms with Gasteiger partial charge in [0.15, 0.2) is 0 Å². The van der Waals surface area contributed by atoms with Crippen molar-refractivity contribution >= 4 is 11.7 Å². The van der Waals surface area contributed by atoms with E-state index in [0.29, 0.717) is 6.07 Å². The summed E-state index contributed by atoms with van der Waals surface area (Å²) in [4.78, 5) is 20.5. The first kappa shape index (κ1) is 14.7. The van der Waals surface area contributed by atoms with Gasteiger partial charge in [-0.15, -0.1) is 13.2 Å². The first-order chi connectivity index (χ1) is 8.65. The molecule has 1 N–H and O–H groups in total. The molecule has 0 spiro atoms. The molecule has 9 heteroatoms. The topological polar surface area (TPSA) is 89.7 Å². The molecule has 0 amide bonds. The fourth-order valence-electron chi connectivity index (χ4n) is 1.43. The third-order valence-electron chi connectivity index (χ3n) is 2.21. The fourth-order valence-corrected chi connectivity index (χ4v) is 1.43. The van der Waals surface area contributed by atoms with Gasteiger partial charge in [-0.25, -0.2) is 4.79 Å². The van der Waals surface area contributed by atoms with Crippen LogP contribution in [0, 0.1) is 10.1 Å². The van der Waals surface area contributed by atoms with Crippen molar-refractivity contribution < 1.29 is 32.7 Å². The summed E-state index contributed by atoms with van der Waals surface area (Å²) in [6.45, 7) is 1.46. The van der Waals surface area contributed by atoms with Gasteiger partial charge in [0.05, 0.1) is 4.92 Å². The third-order valence-corrected chi connectivity index (χ3v) is 2.21. The number of benzene rings is 1. The molecule has 1 rings (SSSR count). The average Bonchev–Trinajstić information content (AvgIpc) is 2.25. The van der Waals surface area contributed by atoms with Crippen LogP contribution in [0.25, 0.3) is 0 Å². The van der Waals surface area contributed by atoms with Crippen LogP contribution in [-0.4, -0.2) is 22.4 Å². The predicted molar refractivity (Wildman–Crippen MR) is 56.1 cm³/mol. The maximum Gasteiger partial charge on any atom is 0.573 e. The van der Waals surface area contributed by atoms with Crippen molar-refractivity contribution in [1.29, 1.82) is 0 Å². The van der Waals surface area contributed by atoms with E-state index in [0.717, 1.165) is 6.07 Å². The number of halogens is 3. The van der Waals surface area contributed by atoms with Crippen LogP contribution in [0.15, 0.2) is 12.1 Å². The van der Waals surface area contributed by atoms with Crippen LogP contribution in [-0.2, 0) is 6.42 Å². The largest absolute Gasteiger partial charge is 0.573 e. The molecule has 0 heterocycles. The molecule has 0 aliphatic rings. The van der Waals surface area contributed by atoms with Gasteiger partial charge in [0.1, 0.15) is 11.3 Å². The Morgan fingerprint density at radius 3 is 2.42 bits per heavy atom. The van der Waals surface area contributed by atoms with Gasteiger partial charge in [-0.1, -0.05) is 6.92 Å². The van der Waals surface area contributed by atoms with Crippen LogP contribution >= 0.6 is 0 Å². The minimum atomic E-state index is -5.00. The van der Waals surface area contributed by atoms with Crippen molar-refractivity contribution in [3.05, 3.63) is 33.4 Å². The van der Waals surface area contributed by atoms with E-state index in [4.69, 9.17) is 5.11 Å². The smallest absolute Gasteiger partial charge is 0.477 e. The third kappa shape index (κ3) is 3.57. The van der Waals surface area contributed by atoms with Crippen molar-refractivity contribution in [1.82, 2.24) is 0 Å². The summed E-state index contributed by atoms with van der Waals surface area (Å²) in [5.74, 6) is -2.46. The highest BCUT2D eigenvalue weighted by Crippen LogP contribution is 2.32. The second kappa shape index (κ2) is 5.12. The monoisotopic (exact) mass is 279 g/mol. The van der Waals surface area contributed by atoms with Crippen molar-refractivity contribution in [3.8, 4) is 5.75 Å². The number of aryl methyl sites for hydroxylation is 1. The molecule has 0 bridgehead atoms. The second-order valence-corrected chi connectivity index (χ2v) is 3.44. The molecule has 1 aromatic rings. The molecule has 19 heavy (non-hydrogen) atoms. The number of alkyl halides is 3. The van der Waals surface area contributed by atoms with Gasteiger partial charge in [-0.2, -0.15) is 0 Å². The molecule has 104 valence electrons. The van der Waals surface area contributed by atoms with E-state index < -0.39 is 34.3 Å². The highest BCUT2D eigenvalue weighted by molar-refractivity contribution is 5.93. The van der Waals surface area contributed by atoms with Crippen LogP contribution in [0.3, 0.4) is 0 Å². The lowest BCUT2D eigenvalue weighted by Gasteiger charge is -2.13. The summed E-state index contributed by atoms with van der Waals surface area (Å²) < 4.78 is 40.1. The zero-order chi connectivity index (χ0) is 14.8. The molecule has 0 aliphatic carbocycles. The van der Waals surface area contributed by atoms with Crippen LogP contribution in [0.1, 0.15) is 22.8 Å². The van der Waals surface area contributed by atoms with Gasteiger partial charge in [0, 0.05) is 17.7 Å². The molecule has 0 aliphatic heterocycles. The zero-order valence-corrected chi connectivity index (χ0v) is 9.52. The molecular formula is C10H8F3NO5. The Balaban J connectivity index is 3.44. The van der Waals surface area contributed by atoms with E-state index in [1.165, 1.54) is 6.92 Å². The van der Waals surface area contributed by atoms with E-state index >= 15 is 0 Å². The number of nitrogens with zero attached hydrogens (tertiary/aromatic N) is 1. The zero-order valence-electron chi connectivity index (χ0n) is 9.52. The van der Waals surface area contributed by atoms with Gasteiger partial charge in [0.2, 0.25) is 0 Å². The molecular weight excluding hydrogens is 271 g/mol. The van der Waals surface area contributed by atoms with Gasteiger partial charge in [0.25, 0.3) is 5.69 Å². The Kier molecular flexibility index (Phi) is 3.98. The number of carboxylic acid groups (broad SMARTS) is 1. The molecule has 0 saturated carbocycles. The fraction of sp³-hybridized carbons (Fsp3) is 0.300. The predicted octanol–water partition coefficient (Wildman–Crippen LogP) is 2.75. The molecule has 6 nitrogen and oxygen atoms in total. The van der Waals surface area contributed by atoms with Crippen molar-refractivity contribution in [2.75, 3.05) is 0 Å². The van der Waals surface area contributed by atoms with Gasteiger partial charge >= 0.3 is 12.3 Å². The first-order valence-electron chi connectivity index (χ1n) is 4.96. The van der Waals surface area contributed by atoms with Crippen LogP contribution in [0.2, 0.25) is 0 Å². The molecule has 0 fully saturated rings.